The molecule has 0 unspecified atom stereocenters. The maximum absolute atomic E-state index is 13.2. The molecule has 1 saturated heterocycles. The van der Waals surface area contributed by atoms with Gasteiger partial charge in [-0.2, -0.15) is 0 Å². The van der Waals surface area contributed by atoms with Crippen LogP contribution in [0.1, 0.15) is 5.56 Å². The Balaban J connectivity index is 1.78. The molecule has 1 amide bonds. The van der Waals surface area contributed by atoms with Crippen molar-refractivity contribution < 1.29 is 18.3 Å². The van der Waals surface area contributed by atoms with Gasteiger partial charge in [-0.05, 0) is 42.8 Å². The average Bonchev–Trinajstić information content (AvgIpc) is 3.06. The van der Waals surface area contributed by atoms with E-state index >= 15 is 0 Å². The van der Waals surface area contributed by atoms with E-state index in [2.05, 4.69) is 4.90 Å². The molecule has 0 bridgehead atoms. The molecule has 1 N–H and O–H groups in total. The predicted molar refractivity (Wildman–Crippen MR) is 113 cm³/mol. The smallest absolute Gasteiger partial charge is 0.407 e. The summed E-state index contributed by atoms with van der Waals surface area (Å²) in [4.78, 5) is 14.8. The number of amides is 1. The maximum atomic E-state index is 13.2. The summed E-state index contributed by atoms with van der Waals surface area (Å²) < 4.78 is 27.8. The van der Waals surface area contributed by atoms with Gasteiger partial charge in [0.15, 0.2) is 0 Å². The van der Waals surface area contributed by atoms with Crippen molar-refractivity contribution in [3.63, 3.8) is 0 Å². The third kappa shape index (κ3) is 3.42. The highest BCUT2D eigenvalue weighted by Crippen LogP contribution is 2.34. The second kappa shape index (κ2) is 7.27. The van der Waals surface area contributed by atoms with E-state index in [1.807, 2.05) is 19.1 Å². The molecular formula is C20H20ClN3O4S. The van der Waals surface area contributed by atoms with Gasteiger partial charge >= 0.3 is 6.09 Å². The Morgan fingerprint density at radius 3 is 2.41 bits per heavy atom. The van der Waals surface area contributed by atoms with Gasteiger partial charge in [0.2, 0.25) is 0 Å². The largest absolute Gasteiger partial charge is 0.465 e. The van der Waals surface area contributed by atoms with Crippen LogP contribution in [0.4, 0.5) is 10.5 Å². The van der Waals surface area contributed by atoms with Crippen LogP contribution in [0.3, 0.4) is 0 Å². The van der Waals surface area contributed by atoms with Crippen LogP contribution in [-0.2, 0) is 10.0 Å². The number of fused-ring (bicyclic) bond motifs is 1. The number of benzene rings is 2. The van der Waals surface area contributed by atoms with Crippen molar-refractivity contribution in [2.75, 3.05) is 31.1 Å². The molecule has 152 valence electrons. The van der Waals surface area contributed by atoms with Crippen molar-refractivity contribution >= 4 is 44.3 Å². The lowest BCUT2D eigenvalue weighted by atomic mass is 10.1. The monoisotopic (exact) mass is 433 g/mol. The number of halogens is 1. The molecule has 2 aromatic carbocycles. The highest BCUT2D eigenvalue weighted by atomic mass is 35.5. The predicted octanol–water partition coefficient (Wildman–Crippen LogP) is 3.64. The number of rotatable bonds is 3. The normalized spacial score (nSPS) is 15.1. The minimum absolute atomic E-state index is 0.127. The summed E-state index contributed by atoms with van der Waals surface area (Å²) in [5, 5.41) is 10.4. The highest BCUT2D eigenvalue weighted by Gasteiger charge is 2.25. The minimum atomic E-state index is -3.81. The van der Waals surface area contributed by atoms with E-state index in [0.717, 1.165) is 16.6 Å². The van der Waals surface area contributed by atoms with E-state index < -0.39 is 16.1 Å². The molecule has 0 spiro atoms. The van der Waals surface area contributed by atoms with E-state index in [9.17, 15) is 13.2 Å². The lowest BCUT2D eigenvalue weighted by molar-refractivity contribution is 0.142. The third-order valence-electron chi connectivity index (χ3n) is 5.21. The topological polar surface area (TPSA) is 82.9 Å². The van der Waals surface area contributed by atoms with Crippen molar-refractivity contribution in [1.82, 2.24) is 8.87 Å². The van der Waals surface area contributed by atoms with Crippen LogP contribution in [0.5, 0.6) is 0 Å². The number of anilines is 1. The van der Waals surface area contributed by atoms with E-state index in [4.69, 9.17) is 16.7 Å². The molecule has 3 aromatic rings. The van der Waals surface area contributed by atoms with Crippen LogP contribution in [-0.4, -0.2) is 54.7 Å². The first-order chi connectivity index (χ1) is 13.8. The second-order valence-electron chi connectivity index (χ2n) is 7.00. The quantitative estimate of drug-likeness (QED) is 0.681. The van der Waals surface area contributed by atoms with Crippen molar-refractivity contribution in [3.05, 3.63) is 59.2 Å². The number of aryl methyl sites for hydroxylation is 1. The summed E-state index contributed by atoms with van der Waals surface area (Å²) in [6.45, 7) is 3.80. The Bertz CT molecular complexity index is 1200. The Kier molecular flexibility index (Phi) is 4.92. The van der Waals surface area contributed by atoms with Gasteiger partial charge in [-0.15, -0.1) is 0 Å². The highest BCUT2D eigenvalue weighted by molar-refractivity contribution is 7.90. The number of aromatic nitrogens is 1. The van der Waals surface area contributed by atoms with Crippen LogP contribution >= 0.6 is 11.6 Å². The number of nitrogens with zero attached hydrogens (tertiary/aromatic N) is 3. The fourth-order valence-electron chi connectivity index (χ4n) is 3.77. The van der Waals surface area contributed by atoms with E-state index in [0.29, 0.717) is 36.7 Å². The Morgan fingerprint density at radius 1 is 1.07 bits per heavy atom. The molecule has 1 aliphatic heterocycles. The van der Waals surface area contributed by atoms with Gasteiger partial charge in [0, 0.05) is 48.5 Å². The van der Waals surface area contributed by atoms with Crippen LogP contribution in [0.15, 0.2) is 53.6 Å². The standard InChI is InChI=1S/C20H20ClN3O4S/c1-14-13-24(29(27,28)16-5-2-4-15(21)12-16)18-7-3-6-17(19(14)18)22-8-10-23(11-9-22)20(25)26/h2-7,12-13H,8-11H2,1H3,(H,25,26). The molecule has 0 aliphatic carbocycles. The van der Waals surface area contributed by atoms with E-state index in [1.165, 1.54) is 21.0 Å². The number of carboxylic acid groups (broad SMARTS) is 1. The van der Waals surface area contributed by atoms with Gasteiger partial charge < -0.3 is 14.9 Å². The molecule has 1 fully saturated rings. The number of carbonyl (C=O) groups is 1. The molecule has 0 radical (unpaired) electrons. The van der Waals surface area contributed by atoms with Gasteiger partial charge in [-0.1, -0.05) is 23.7 Å². The summed E-state index contributed by atoms with van der Waals surface area (Å²) >= 11 is 6.00. The van der Waals surface area contributed by atoms with Gasteiger partial charge in [0.25, 0.3) is 10.0 Å². The molecule has 1 aromatic heterocycles. The molecule has 1 aliphatic rings. The zero-order chi connectivity index (χ0) is 20.8. The van der Waals surface area contributed by atoms with Crippen molar-refractivity contribution in [1.29, 1.82) is 0 Å². The van der Waals surface area contributed by atoms with Gasteiger partial charge in [0.1, 0.15) is 0 Å². The third-order valence-corrected chi connectivity index (χ3v) is 7.11. The minimum Gasteiger partial charge on any atom is -0.465 e. The molecule has 2 heterocycles. The van der Waals surface area contributed by atoms with E-state index in [-0.39, 0.29) is 4.90 Å². The number of piperazine rings is 1. The summed E-state index contributed by atoms with van der Waals surface area (Å²) in [5.74, 6) is 0. The average molecular weight is 434 g/mol. The SMILES string of the molecule is Cc1cn(S(=O)(=O)c2cccc(Cl)c2)c2cccc(N3CCN(C(=O)O)CC3)c12. The summed E-state index contributed by atoms with van der Waals surface area (Å²) in [6, 6.07) is 11.8. The van der Waals surface area contributed by atoms with Crippen LogP contribution in [0, 0.1) is 6.92 Å². The van der Waals surface area contributed by atoms with Crippen LogP contribution in [0.25, 0.3) is 10.9 Å². The van der Waals surface area contributed by atoms with Gasteiger partial charge in [-0.3, -0.25) is 0 Å². The maximum Gasteiger partial charge on any atom is 0.407 e. The Morgan fingerprint density at radius 2 is 1.76 bits per heavy atom. The van der Waals surface area contributed by atoms with Crippen LogP contribution < -0.4 is 4.90 Å². The zero-order valence-electron chi connectivity index (χ0n) is 15.7. The molecule has 7 nitrogen and oxygen atoms in total. The Hall–Kier alpha value is -2.71. The van der Waals surface area contributed by atoms with E-state index in [1.54, 1.807) is 24.4 Å². The molecule has 4 rings (SSSR count). The summed E-state index contributed by atoms with van der Waals surface area (Å²) in [6.07, 6.45) is 0.704. The lowest BCUT2D eigenvalue weighted by Gasteiger charge is -2.35. The number of hydrogen-bond acceptors (Lipinski definition) is 4. The molecule has 9 heteroatoms. The number of hydrogen-bond donors (Lipinski definition) is 1. The van der Waals surface area contributed by atoms with Crippen molar-refractivity contribution in [3.8, 4) is 0 Å². The Labute approximate surface area is 173 Å². The first-order valence-electron chi connectivity index (χ1n) is 9.13. The zero-order valence-corrected chi connectivity index (χ0v) is 17.3. The first kappa shape index (κ1) is 19.6. The van der Waals surface area contributed by atoms with Crippen LogP contribution in [0.2, 0.25) is 5.02 Å². The molecule has 0 atom stereocenters. The molecule has 0 saturated carbocycles. The fourth-order valence-corrected chi connectivity index (χ4v) is 5.48. The van der Waals surface area contributed by atoms with Crippen molar-refractivity contribution in [2.24, 2.45) is 0 Å². The first-order valence-corrected chi connectivity index (χ1v) is 11.0. The van der Waals surface area contributed by atoms with Gasteiger partial charge in [0.05, 0.1) is 10.4 Å². The molecular weight excluding hydrogens is 414 g/mol. The fraction of sp³-hybridized carbons (Fsp3) is 0.250. The van der Waals surface area contributed by atoms with Crippen molar-refractivity contribution in [2.45, 2.75) is 11.8 Å². The second-order valence-corrected chi connectivity index (χ2v) is 9.25. The van der Waals surface area contributed by atoms with Gasteiger partial charge in [-0.25, -0.2) is 17.2 Å². The summed E-state index contributed by atoms with van der Waals surface area (Å²) in [5.41, 5.74) is 2.33. The summed E-state index contributed by atoms with van der Waals surface area (Å²) in [7, 11) is -3.81. The molecule has 29 heavy (non-hydrogen) atoms. The lowest BCUT2D eigenvalue weighted by Crippen LogP contribution is -2.48.